The summed E-state index contributed by atoms with van der Waals surface area (Å²) in [6.07, 6.45) is 1.65. The third-order valence-corrected chi connectivity index (χ3v) is 3.31. The Morgan fingerprint density at radius 1 is 1.43 bits per heavy atom. The number of esters is 1. The van der Waals surface area contributed by atoms with Crippen molar-refractivity contribution in [2.75, 3.05) is 6.61 Å². The normalized spacial score (nSPS) is 16.0. The smallest absolute Gasteiger partial charge is 0.308 e. The quantitative estimate of drug-likeness (QED) is 0.505. The van der Waals surface area contributed by atoms with Crippen LogP contribution in [-0.2, 0) is 9.59 Å². The number of amides is 1. The van der Waals surface area contributed by atoms with Gasteiger partial charge < -0.3 is 14.8 Å². The largest absolute Gasteiger partial charge is 0.490 e. The van der Waals surface area contributed by atoms with Gasteiger partial charge in [0.1, 0.15) is 0 Å². The van der Waals surface area contributed by atoms with Crippen molar-refractivity contribution >= 4 is 34.9 Å². The number of carbonyl (C=O) groups excluding carboxylic acids is 2. The fraction of sp³-hybridized carbons (Fsp3) is 0.214. The van der Waals surface area contributed by atoms with E-state index in [1.165, 1.54) is 6.92 Å². The summed E-state index contributed by atoms with van der Waals surface area (Å²) in [5, 5.41) is 9.91. The van der Waals surface area contributed by atoms with Gasteiger partial charge in [-0.3, -0.25) is 15.0 Å². The Morgan fingerprint density at radius 3 is 2.76 bits per heavy atom. The first-order chi connectivity index (χ1) is 9.99. The van der Waals surface area contributed by atoms with Crippen LogP contribution in [0.4, 0.5) is 0 Å². The van der Waals surface area contributed by atoms with Crippen LogP contribution in [0.1, 0.15) is 19.4 Å². The molecule has 0 saturated carbocycles. The number of thioether (sulfide) groups is 1. The predicted molar refractivity (Wildman–Crippen MR) is 80.4 cm³/mol. The Labute approximate surface area is 126 Å². The minimum absolute atomic E-state index is 0.104. The average molecular weight is 306 g/mol. The molecule has 110 valence electrons. The molecule has 1 fully saturated rings. The lowest BCUT2D eigenvalue weighted by atomic mass is 10.2. The summed E-state index contributed by atoms with van der Waals surface area (Å²) in [6, 6.07) is 5.01. The zero-order valence-corrected chi connectivity index (χ0v) is 12.4. The van der Waals surface area contributed by atoms with E-state index < -0.39 is 5.97 Å². The highest BCUT2D eigenvalue weighted by molar-refractivity contribution is 8.18. The predicted octanol–water partition coefficient (Wildman–Crippen LogP) is 2.15. The first kappa shape index (κ1) is 15.1. The molecule has 0 bridgehead atoms. The van der Waals surface area contributed by atoms with Crippen molar-refractivity contribution in [2.24, 2.45) is 0 Å². The SMILES string of the molecule is CCOc1cc(C=C2SC(=N)NC2=O)ccc1OC(C)=O. The highest BCUT2D eigenvalue weighted by atomic mass is 32.2. The summed E-state index contributed by atoms with van der Waals surface area (Å²) in [5.41, 5.74) is 0.724. The maximum Gasteiger partial charge on any atom is 0.308 e. The molecule has 1 aromatic carbocycles. The maximum atomic E-state index is 11.6. The van der Waals surface area contributed by atoms with Crippen LogP contribution in [0.2, 0.25) is 0 Å². The molecule has 0 radical (unpaired) electrons. The van der Waals surface area contributed by atoms with E-state index in [1.807, 2.05) is 6.92 Å². The lowest BCUT2D eigenvalue weighted by Crippen LogP contribution is -2.18. The van der Waals surface area contributed by atoms with Crippen LogP contribution in [0.3, 0.4) is 0 Å². The van der Waals surface area contributed by atoms with Crippen LogP contribution in [0.15, 0.2) is 23.1 Å². The van der Waals surface area contributed by atoms with Gasteiger partial charge in [0, 0.05) is 6.92 Å². The Bertz CT molecular complexity index is 640. The molecular formula is C14H14N2O4S. The molecule has 0 aliphatic carbocycles. The Balaban J connectivity index is 2.31. The molecule has 0 unspecified atom stereocenters. The van der Waals surface area contributed by atoms with Gasteiger partial charge in [0.05, 0.1) is 11.5 Å². The molecule has 1 saturated heterocycles. The van der Waals surface area contributed by atoms with E-state index in [4.69, 9.17) is 14.9 Å². The number of carbonyl (C=O) groups is 2. The zero-order chi connectivity index (χ0) is 15.4. The molecule has 1 aliphatic heterocycles. The van der Waals surface area contributed by atoms with Crippen molar-refractivity contribution in [2.45, 2.75) is 13.8 Å². The summed E-state index contributed by atoms with van der Waals surface area (Å²) in [5.74, 6) is 0.0385. The highest BCUT2D eigenvalue weighted by Gasteiger charge is 2.22. The third kappa shape index (κ3) is 3.85. The van der Waals surface area contributed by atoms with Crippen LogP contribution in [0, 0.1) is 5.41 Å². The topological polar surface area (TPSA) is 88.5 Å². The lowest BCUT2D eigenvalue weighted by molar-refractivity contribution is -0.132. The van der Waals surface area contributed by atoms with Crippen LogP contribution < -0.4 is 14.8 Å². The summed E-state index contributed by atoms with van der Waals surface area (Å²) < 4.78 is 10.5. The van der Waals surface area contributed by atoms with Crippen molar-refractivity contribution in [3.05, 3.63) is 28.7 Å². The molecule has 21 heavy (non-hydrogen) atoms. The molecular weight excluding hydrogens is 292 g/mol. The van der Waals surface area contributed by atoms with E-state index in [0.29, 0.717) is 23.0 Å². The first-order valence-electron chi connectivity index (χ1n) is 6.24. The number of hydrogen-bond acceptors (Lipinski definition) is 6. The zero-order valence-electron chi connectivity index (χ0n) is 11.6. The summed E-state index contributed by atoms with van der Waals surface area (Å²) in [6.45, 7) is 3.56. The Kier molecular flexibility index (Phi) is 4.64. The van der Waals surface area contributed by atoms with Crippen molar-refractivity contribution in [1.29, 1.82) is 5.41 Å². The van der Waals surface area contributed by atoms with E-state index in [0.717, 1.165) is 17.3 Å². The molecule has 0 aromatic heterocycles. The highest BCUT2D eigenvalue weighted by Crippen LogP contribution is 2.31. The number of hydrogen-bond donors (Lipinski definition) is 2. The summed E-state index contributed by atoms with van der Waals surface area (Å²) in [4.78, 5) is 23.0. The van der Waals surface area contributed by atoms with Gasteiger partial charge in [0.15, 0.2) is 16.7 Å². The van der Waals surface area contributed by atoms with Gasteiger partial charge in [-0.2, -0.15) is 0 Å². The number of benzene rings is 1. The molecule has 6 nitrogen and oxygen atoms in total. The first-order valence-corrected chi connectivity index (χ1v) is 7.06. The molecule has 7 heteroatoms. The second-order valence-electron chi connectivity index (χ2n) is 4.13. The van der Waals surface area contributed by atoms with Crippen molar-refractivity contribution < 1.29 is 19.1 Å². The molecule has 1 aromatic rings. The summed E-state index contributed by atoms with van der Waals surface area (Å²) >= 11 is 1.06. The van der Waals surface area contributed by atoms with Gasteiger partial charge in [0.2, 0.25) is 0 Å². The Morgan fingerprint density at radius 2 is 2.19 bits per heavy atom. The van der Waals surface area contributed by atoms with Gasteiger partial charge >= 0.3 is 5.97 Å². The third-order valence-electron chi connectivity index (χ3n) is 2.48. The van der Waals surface area contributed by atoms with E-state index in [9.17, 15) is 9.59 Å². The van der Waals surface area contributed by atoms with Gasteiger partial charge in [-0.1, -0.05) is 6.07 Å². The molecule has 0 spiro atoms. The van der Waals surface area contributed by atoms with Crippen molar-refractivity contribution in [3.8, 4) is 11.5 Å². The van der Waals surface area contributed by atoms with E-state index in [1.54, 1.807) is 24.3 Å². The fourth-order valence-corrected chi connectivity index (χ4v) is 2.42. The molecule has 1 heterocycles. The monoisotopic (exact) mass is 306 g/mol. The van der Waals surface area contributed by atoms with Gasteiger partial charge in [-0.05, 0) is 42.5 Å². The molecule has 2 N–H and O–H groups in total. The fourth-order valence-electron chi connectivity index (χ4n) is 1.71. The second-order valence-corrected chi connectivity index (χ2v) is 5.18. The van der Waals surface area contributed by atoms with Gasteiger partial charge in [-0.25, -0.2) is 0 Å². The standard InChI is InChI=1S/C14H14N2O4S/c1-3-19-11-6-9(4-5-10(11)20-8(2)17)7-12-13(18)16-14(15)21-12/h4-7H,3H2,1-2H3,(H2,15,16,18). The molecule has 1 aliphatic rings. The van der Waals surface area contributed by atoms with E-state index >= 15 is 0 Å². The number of nitrogens with one attached hydrogen (secondary N) is 2. The average Bonchev–Trinajstić information content (AvgIpc) is 2.71. The van der Waals surface area contributed by atoms with Crippen LogP contribution in [0.25, 0.3) is 6.08 Å². The van der Waals surface area contributed by atoms with E-state index in [2.05, 4.69) is 5.32 Å². The van der Waals surface area contributed by atoms with Crippen LogP contribution in [-0.4, -0.2) is 23.7 Å². The Hall–Kier alpha value is -2.28. The van der Waals surface area contributed by atoms with Crippen LogP contribution >= 0.6 is 11.8 Å². The second kappa shape index (κ2) is 6.45. The van der Waals surface area contributed by atoms with Crippen molar-refractivity contribution in [1.82, 2.24) is 5.32 Å². The van der Waals surface area contributed by atoms with Gasteiger partial charge in [-0.15, -0.1) is 0 Å². The minimum Gasteiger partial charge on any atom is -0.490 e. The molecule has 2 rings (SSSR count). The minimum atomic E-state index is -0.429. The van der Waals surface area contributed by atoms with Crippen molar-refractivity contribution in [3.63, 3.8) is 0 Å². The summed E-state index contributed by atoms with van der Waals surface area (Å²) in [7, 11) is 0. The lowest BCUT2D eigenvalue weighted by Gasteiger charge is -2.10. The van der Waals surface area contributed by atoms with Crippen LogP contribution in [0.5, 0.6) is 11.5 Å². The number of rotatable bonds is 4. The number of amidine groups is 1. The number of ether oxygens (including phenoxy) is 2. The molecule has 0 atom stereocenters. The van der Waals surface area contributed by atoms with Gasteiger partial charge in [0.25, 0.3) is 5.91 Å². The van der Waals surface area contributed by atoms with E-state index in [-0.39, 0.29) is 11.1 Å². The maximum absolute atomic E-state index is 11.6. The molecule has 1 amide bonds.